The van der Waals surface area contributed by atoms with Crippen molar-refractivity contribution in [3.63, 3.8) is 0 Å². The summed E-state index contributed by atoms with van der Waals surface area (Å²) in [7, 11) is -4.22. The van der Waals surface area contributed by atoms with Crippen LogP contribution in [0.3, 0.4) is 0 Å². The molecule has 0 saturated carbocycles. The van der Waals surface area contributed by atoms with E-state index < -0.39 is 27.8 Å². The van der Waals surface area contributed by atoms with E-state index in [0.717, 1.165) is 26.4 Å². The van der Waals surface area contributed by atoms with Crippen molar-refractivity contribution < 1.29 is 18.0 Å². The minimum atomic E-state index is -4.22. The Kier molecular flexibility index (Phi) is 8.09. The molecule has 0 aliphatic carbocycles. The van der Waals surface area contributed by atoms with Crippen LogP contribution in [0.4, 0.5) is 5.69 Å². The third-order valence-corrected chi connectivity index (χ3v) is 9.04. The Morgan fingerprint density at radius 2 is 1.60 bits per heavy atom. The summed E-state index contributed by atoms with van der Waals surface area (Å²) in [5.74, 6) is -2.59. The molecular formula is C32H28N2O4S2. The van der Waals surface area contributed by atoms with E-state index >= 15 is 0 Å². The lowest BCUT2D eigenvalue weighted by Gasteiger charge is -2.25. The largest absolute Gasteiger partial charge is 0.312 e. The molecule has 0 aliphatic rings. The van der Waals surface area contributed by atoms with Crippen molar-refractivity contribution in [2.75, 3.05) is 11.4 Å². The third kappa shape index (κ3) is 5.83. The van der Waals surface area contributed by atoms with E-state index in [0.29, 0.717) is 12.2 Å². The van der Waals surface area contributed by atoms with Crippen LogP contribution in [0.15, 0.2) is 113 Å². The zero-order valence-electron chi connectivity index (χ0n) is 21.9. The van der Waals surface area contributed by atoms with Gasteiger partial charge in [-0.15, -0.1) is 11.3 Å². The monoisotopic (exact) mass is 568 g/mol. The summed E-state index contributed by atoms with van der Waals surface area (Å²) in [6, 6.07) is 29.1. The maximum atomic E-state index is 13.8. The van der Waals surface area contributed by atoms with Crippen LogP contribution in [-0.2, 0) is 19.6 Å². The van der Waals surface area contributed by atoms with E-state index in [4.69, 9.17) is 0 Å². The van der Waals surface area contributed by atoms with Gasteiger partial charge in [-0.1, -0.05) is 78.9 Å². The SMILES string of the molecule is CCN(C(=O)C(CC=Cc1csc2ccccc12)C(=O)NS(=O)(=O)c1ccc2ccccc2c1)c1ccccc1. The second-order valence-electron chi connectivity index (χ2n) is 9.27. The number of benzene rings is 4. The van der Waals surface area contributed by atoms with E-state index in [1.54, 1.807) is 41.7 Å². The summed E-state index contributed by atoms with van der Waals surface area (Å²) < 4.78 is 29.8. The van der Waals surface area contributed by atoms with E-state index in [-0.39, 0.29) is 11.3 Å². The number of fused-ring (bicyclic) bond motifs is 2. The Bertz CT molecular complexity index is 1810. The average molecular weight is 569 g/mol. The van der Waals surface area contributed by atoms with Crippen molar-refractivity contribution in [1.82, 2.24) is 4.72 Å². The van der Waals surface area contributed by atoms with Crippen molar-refractivity contribution in [1.29, 1.82) is 0 Å². The molecular weight excluding hydrogens is 540 g/mol. The lowest BCUT2D eigenvalue weighted by Crippen LogP contribution is -2.45. The van der Waals surface area contributed by atoms with Gasteiger partial charge in [0, 0.05) is 16.9 Å². The Morgan fingerprint density at radius 1 is 0.900 bits per heavy atom. The normalized spacial score (nSPS) is 12.5. The van der Waals surface area contributed by atoms with Gasteiger partial charge in [-0.2, -0.15) is 0 Å². The first-order chi connectivity index (χ1) is 19.4. The molecule has 2 amide bonds. The number of rotatable bonds is 9. The molecule has 0 radical (unpaired) electrons. The number of anilines is 1. The van der Waals surface area contributed by atoms with Gasteiger partial charge < -0.3 is 4.90 Å². The van der Waals surface area contributed by atoms with Crippen LogP contribution in [0.2, 0.25) is 0 Å². The zero-order valence-corrected chi connectivity index (χ0v) is 23.5. The molecule has 0 bridgehead atoms. The number of hydrogen-bond acceptors (Lipinski definition) is 5. The lowest BCUT2D eigenvalue weighted by molar-refractivity contribution is -0.132. The van der Waals surface area contributed by atoms with Crippen molar-refractivity contribution in [2.24, 2.45) is 5.92 Å². The fourth-order valence-electron chi connectivity index (χ4n) is 4.64. The first kappa shape index (κ1) is 27.3. The van der Waals surface area contributed by atoms with Gasteiger partial charge in [-0.3, -0.25) is 9.59 Å². The predicted octanol–water partition coefficient (Wildman–Crippen LogP) is 6.63. The summed E-state index contributed by atoms with van der Waals surface area (Å²) in [5.41, 5.74) is 1.62. The summed E-state index contributed by atoms with van der Waals surface area (Å²) >= 11 is 1.61. The van der Waals surface area contributed by atoms with Crippen LogP contribution in [0.5, 0.6) is 0 Å². The van der Waals surface area contributed by atoms with Crippen molar-refractivity contribution >= 4 is 65.8 Å². The number of allylic oxidation sites excluding steroid dienone is 1. The maximum Gasteiger partial charge on any atom is 0.264 e. The van der Waals surface area contributed by atoms with Gasteiger partial charge in [0.1, 0.15) is 5.92 Å². The second-order valence-corrected chi connectivity index (χ2v) is 11.9. The molecule has 202 valence electrons. The number of para-hydroxylation sites is 1. The van der Waals surface area contributed by atoms with Gasteiger partial charge >= 0.3 is 0 Å². The summed E-state index contributed by atoms with van der Waals surface area (Å²) in [4.78, 5) is 28.7. The molecule has 5 rings (SSSR count). The highest BCUT2D eigenvalue weighted by Gasteiger charge is 2.33. The van der Waals surface area contributed by atoms with Crippen LogP contribution in [-0.4, -0.2) is 26.8 Å². The first-order valence-electron chi connectivity index (χ1n) is 12.9. The van der Waals surface area contributed by atoms with Crippen molar-refractivity contribution in [3.8, 4) is 0 Å². The smallest absolute Gasteiger partial charge is 0.264 e. The highest BCUT2D eigenvalue weighted by molar-refractivity contribution is 7.90. The zero-order chi connectivity index (χ0) is 28.1. The molecule has 1 aromatic heterocycles. The minimum Gasteiger partial charge on any atom is -0.312 e. The van der Waals surface area contributed by atoms with Gasteiger partial charge in [0.25, 0.3) is 10.0 Å². The average Bonchev–Trinajstić information content (AvgIpc) is 3.38. The Balaban J connectivity index is 1.44. The molecule has 1 N–H and O–H groups in total. The molecule has 6 nitrogen and oxygen atoms in total. The van der Waals surface area contributed by atoms with Crippen molar-refractivity contribution in [3.05, 3.63) is 114 Å². The van der Waals surface area contributed by atoms with Crippen LogP contribution in [0.1, 0.15) is 18.9 Å². The molecule has 0 spiro atoms. The Labute approximate surface area is 237 Å². The third-order valence-electron chi connectivity index (χ3n) is 6.71. The van der Waals surface area contributed by atoms with Gasteiger partial charge in [-0.25, -0.2) is 13.1 Å². The van der Waals surface area contributed by atoms with E-state index in [9.17, 15) is 18.0 Å². The number of amides is 2. The Hall–Kier alpha value is -4.27. The molecule has 40 heavy (non-hydrogen) atoms. The molecule has 0 aliphatic heterocycles. The summed E-state index contributed by atoms with van der Waals surface area (Å²) in [5, 5.41) is 4.71. The quantitative estimate of drug-likeness (QED) is 0.202. The number of nitrogens with zero attached hydrogens (tertiary/aromatic N) is 1. The van der Waals surface area contributed by atoms with Gasteiger partial charge in [0.15, 0.2) is 0 Å². The molecule has 0 saturated heterocycles. The van der Waals surface area contributed by atoms with Crippen molar-refractivity contribution in [2.45, 2.75) is 18.2 Å². The van der Waals surface area contributed by atoms with Crippen LogP contribution in [0, 0.1) is 5.92 Å². The number of thiophene rings is 1. The van der Waals surface area contributed by atoms with Crippen LogP contribution in [0.25, 0.3) is 26.9 Å². The number of nitrogens with one attached hydrogen (secondary N) is 1. The molecule has 0 fully saturated rings. The van der Waals surface area contributed by atoms with E-state index in [1.807, 2.05) is 79.0 Å². The molecule has 1 unspecified atom stereocenters. The lowest BCUT2D eigenvalue weighted by atomic mass is 10.0. The maximum absolute atomic E-state index is 13.8. The second kappa shape index (κ2) is 11.9. The standard InChI is InChI=1S/C32H28N2O4S2/c1-2-34(26-14-4-3-5-15-26)32(36)29(17-10-13-25-22-39-30-18-9-8-16-28(25)30)31(35)33-40(37,38)27-20-19-23-11-6-7-12-24(23)21-27/h3-16,18-22,29H,2,17H2,1H3,(H,33,35). The fraction of sp³-hybridized carbons (Fsp3) is 0.125. The molecule has 8 heteroatoms. The molecule has 1 heterocycles. The highest BCUT2D eigenvalue weighted by Crippen LogP contribution is 2.27. The Morgan fingerprint density at radius 3 is 2.38 bits per heavy atom. The predicted molar refractivity (Wildman–Crippen MR) is 163 cm³/mol. The fourth-order valence-corrected chi connectivity index (χ4v) is 6.62. The number of sulfonamides is 1. The number of carbonyl (C=O) groups is 2. The topological polar surface area (TPSA) is 83.6 Å². The molecule has 5 aromatic rings. The van der Waals surface area contributed by atoms with Crippen LogP contribution < -0.4 is 9.62 Å². The van der Waals surface area contributed by atoms with Gasteiger partial charge in [0.2, 0.25) is 11.8 Å². The first-order valence-corrected chi connectivity index (χ1v) is 15.3. The van der Waals surface area contributed by atoms with E-state index in [1.165, 1.54) is 17.0 Å². The number of carbonyl (C=O) groups excluding carboxylic acids is 2. The summed E-state index contributed by atoms with van der Waals surface area (Å²) in [6.07, 6.45) is 3.67. The number of hydrogen-bond donors (Lipinski definition) is 1. The molecule has 4 aromatic carbocycles. The van der Waals surface area contributed by atoms with Crippen LogP contribution >= 0.6 is 11.3 Å². The highest BCUT2D eigenvalue weighted by atomic mass is 32.2. The summed E-state index contributed by atoms with van der Waals surface area (Å²) in [6.45, 7) is 2.14. The minimum absolute atomic E-state index is 0.0331. The van der Waals surface area contributed by atoms with Gasteiger partial charge in [-0.05, 0) is 70.8 Å². The molecule has 1 atom stereocenters. The van der Waals surface area contributed by atoms with E-state index in [2.05, 4.69) is 4.72 Å². The van der Waals surface area contributed by atoms with Gasteiger partial charge in [0.05, 0.1) is 4.90 Å².